The van der Waals surface area contributed by atoms with Gasteiger partial charge in [-0.05, 0) is 29.4 Å². The summed E-state index contributed by atoms with van der Waals surface area (Å²) in [5.74, 6) is 0.494. The van der Waals surface area contributed by atoms with Gasteiger partial charge in [-0.2, -0.15) is 0 Å². The third-order valence-electron chi connectivity index (χ3n) is 4.64. The van der Waals surface area contributed by atoms with Crippen LogP contribution in [0.4, 0.5) is 0 Å². The van der Waals surface area contributed by atoms with Crippen LogP contribution in [-0.2, 0) is 30.5 Å². The standard InChI is InChI=1S/C20H29N3O4S/c1-13(2)11-15-7-9-16(10-8-15)18(14(3)4)21-28(26,27)17-12-22(5)20(25)23(6)19(17)24/h7-10,12-14,18,21H,11H2,1-6H3. The van der Waals surface area contributed by atoms with Crippen LogP contribution in [0.2, 0.25) is 0 Å². The Balaban J connectivity index is 2.42. The van der Waals surface area contributed by atoms with Crippen LogP contribution >= 0.6 is 0 Å². The predicted octanol–water partition coefficient (Wildman–Crippen LogP) is 1.96. The summed E-state index contributed by atoms with van der Waals surface area (Å²) in [7, 11) is -1.45. The van der Waals surface area contributed by atoms with Gasteiger partial charge in [0.25, 0.3) is 5.56 Å². The summed E-state index contributed by atoms with van der Waals surface area (Å²) in [6.45, 7) is 8.11. The SMILES string of the molecule is CC(C)Cc1ccc(C(NS(=O)(=O)c2cn(C)c(=O)n(C)c2=O)C(C)C)cc1. The van der Waals surface area contributed by atoms with Crippen LogP contribution in [0.1, 0.15) is 44.9 Å². The minimum atomic E-state index is -4.12. The molecule has 0 radical (unpaired) electrons. The molecule has 0 saturated heterocycles. The first-order valence-electron chi connectivity index (χ1n) is 9.32. The van der Waals surface area contributed by atoms with E-state index in [0.29, 0.717) is 5.92 Å². The molecule has 1 N–H and O–H groups in total. The Hall–Kier alpha value is -2.19. The van der Waals surface area contributed by atoms with Crippen molar-refractivity contribution in [3.05, 3.63) is 62.4 Å². The normalized spacial score (nSPS) is 13.3. The molecule has 2 rings (SSSR count). The van der Waals surface area contributed by atoms with Crippen LogP contribution in [0.25, 0.3) is 0 Å². The molecular formula is C20H29N3O4S. The monoisotopic (exact) mass is 407 g/mol. The van der Waals surface area contributed by atoms with Gasteiger partial charge in [-0.1, -0.05) is 52.0 Å². The molecule has 7 nitrogen and oxygen atoms in total. The average molecular weight is 408 g/mol. The summed E-state index contributed by atoms with van der Waals surface area (Å²) in [6, 6.07) is 7.35. The molecule has 2 aromatic rings. The van der Waals surface area contributed by atoms with Crippen molar-refractivity contribution in [1.29, 1.82) is 0 Å². The van der Waals surface area contributed by atoms with Crippen molar-refractivity contribution in [3.8, 4) is 0 Å². The molecule has 1 atom stereocenters. The highest BCUT2D eigenvalue weighted by Crippen LogP contribution is 2.24. The molecule has 0 saturated carbocycles. The van der Waals surface area contributed by atoms with E-state index in [9.17, 15) is 18.0 Å². The molecule has 1 aromatic carbocycles. The van der Waals surface area contributed by atoms with Gasteiger partial charge in [-0.3, -0.25) is 9.36 Å². The number of rotatable bonds is 7. The van der Waals surface area contributed by atoms with Gasteiger partial charge in [-0.15, -0.1) is 0 Å². The quantitative estimate of drug-likeness (QED) is 0.760. The Morgan fingerprint density at radius 2 is 1.57 bits per heavy atom. The number of aromatic nitrogens is 2. The molecule has 0 aliphatic carbocycles. The molecule has 1 aromatic heterocycles. The van der Waals surface area contributed by atoms with E-state index < -0.39 is 32.2 Å². The van der Waals surface area contributed by atoms with Crippen molar-refractivity contribution in [3.63, 3.8) is 0 Å². The van der Waals surface area contributed by atoms with Crippen molar-refractivity contribution in [2.75, 3.05) is 0 Å². The molecule has 8 heteroatoms. The van der Waals surface area contributed by atoms with Gasteiger partial charge in [0, 0.05) is 26.3 Å². The average Bonchev–Trinajstić information content (AvgIpc) is 2.61. The van der Waals surface area contributed by atoms with E-state index in [2.05, 4.69) is 18.6 Å². The molecule has 0 spiro atoms. The van der Waals surface area contributed by atoms with Gasteiger partial charge < -0.3 is 4.57 Å². The fourth-order valence-corrected chi connectivity index (χ4v) is 4.64. The van der Waals surface area contributed by atoms with E-state index in [-0.39, 0.29) is 5.92 Å². The lowest BCUT2D eigenvalue weighted by atomic mass is 9.94. The van der Waals surface area contributed by atoms with Gasteiger partial charge in [-0.25, -0.2) is 17.9 Å². The second-order valence-corrected chi connectivity index (χ2v) is 9.62. The lowest BCUT2D eigenvalue weighted by Gasteiger charge is -2.23. The molecule has 1 heterocycles. The molecule has 154 valence electrons. The minimum Gasteiger partial charge on any atom is -0.302 e. The third-order valence-corrected chi connectivity index (χ3v) is 6.06. The number of nitrogens with zero attached hydrogens (tertiary/aromatic N) is 2. The predicted molar refractivity (Wildman–Crippen MR) is 110 cm³/mol. The fraction of sp³-hybridized carbons (Fsp3) is 0.500. The fourth-order valence-electron chi connectivity index (χ4n) is 3.11. The molecule has 0 amide bonds. The van der Waals surface area contributed by atoms with Crippen LogP contribution in [-0.4, -0.2) is 17.6 Å². The Bertz CT molecular complexity index is 1050. The molecule has 0 aliphatic heterocycles. The summed E-state index contributed by atoms with van der Waals surface area (Å²) in [4.78, 5) is 23.7. The lowest BCUT2D eigenvalue weighted by molar-refractivity contribution is 0.461. The zero-order valence-corrected chi connectivity index (χ0v) is 18.1. The largest absolute Gasteiger partial charge is 0.330 e. The first-order chi connectivity index (χ1) is 12.9. The van der Waals surface area contributed by atoms with Crippen LogP contribution in [0.5, 0.6) is 0 Å². The van der Waals surface area contributed by atoms with E-state index in [4.69, 9.17) is 0 Å². The van der Waals surface area contributed by atoms with E-state index >= 15 is 0 Å². The maximum Gasteiger partial charge on any atom is 0.330 e. The third kappa shape index (κ3) is 4.80. The van der Waals surface area contributed by atoms with Crippen LogP contribution in [0.3, 0.4) is 0 Å². The van der Waals surface area contributed by atoms with E-state index in [1.807, 2.05) is 38.1 Å². The number of sulfonamides is 1. The van der Waals surface area contributed by atoms with Crippen molar-refractivity contribution < 1.29 is 8.42 Å². The summed E-state index contributed by atoms with van der Waals surface area (Å²) in [6.07, 6.45) is 2.02. The first-order valence-corrected chi connectivity index (χ1v) is 10.8. The Morgan fingerprint density at radius 1 is 1.00 bits per heavy atom. The summed E-state index contributed by atoms with van der Waals surface area (Å²) >= 11 is 0. The molecular weight excluding hydrogens is 378 g/mol. The van der Waals surface area contributed by atoms with E-state index in [1.54, 1.807) is 0 Å². The second kappa shape index (κ2) is 8.45. The number of hydrogen-bond donors (Lipinski definition) is 1. The minimum absolute atomic E-state index is 0.0397. The van der Waals surface area contributed by atoms with Crippen molar-refractivity contribution >= 4 is 10.0 Å². The maximum absolute atomic E-state index is 12.9. The topological polar surface area (TPSA) is 90.2 Å². The van der Waals surface area contributed by atoms with Gasteiger partial charge in [0.15, 0.2) is 4.90 Å². The van der Waals surface area contributed by atoms with Crippen LogP contribution < -0.4 is 16.0 Å². The van der Waals surface area contributed by atoms with E-state index in [0.717, 1.165) is 27.3 Å². The van der Waals surface area contributed by atoms with Crippen LogP contribution in [0, 0.1) is 11.8 Å². The highest BCUT2D eigenvalue weighted by Gasteiger charge is 2.27. The molecule has 0 aliphatic rings. The second-order valence-electron chi connectivity index (χ2n) is 7.93. The highest BCUT2D eigenvalue weighted by molar-refractivity contribution is 7.89. The van der Waals surface area contributed by atoms with Crippen molar-refractivity contribution in [1.82, 2.24) is 13.9 Å². The molecule has 0 fully saturated rings. The smallest absolute Gasteiger partial charge is 0.302 e. The Morgan fingerprint density at radius 3 is 2.07 bits per heavy atom. The zero-order chi connectivity index (χ0) is 21.2. The Kier molecular flexibility index (Phi) is 6.67. The van der Waals surface area contributed by atoms with Gasteiger partial charge in [0.2, 0.25) is 10.0 Å². The van der Waals surface area contributed by atoms with Gasteiger partial charge in [0.1, 0.15) is 0 Å². The summed E-state index contributed by atoms with van der Waals surface area (Å²) < 4.78 is 30.4. The van der Waals surface area contributed by atoms with Crippen LogP contribution in [0.15, 0.2) is 44.9 Å². The first kappa shape index (κ1) is 22.1. The van der Waals surface area contributed by atoms with E-state index in [1.165, 1.54) is 19.7 Å². The number of aryl methyl sites for hydroxylation is 1. The maximum atomic E-state index is 12.9. The lowest BCUT2D eigenvalue weighted by Crippen LogP contribution is -2.42. The highest BCUT2D eigenvalue weighted by atomic mass is 32.2. The van der Waals surface area contributed by atoms with Gasteiger partial charge in [0.05, 0.1) is 0 Å². The molecule has 28 heavy (non-hydrogen) atoms. The van der Waals surface area contributed by atoms with Crippen molar-refractivity contribution in [2.24, 2.45) is 25.9 Å². The zero-order valence-electron chi connectivity index (χ0n) is 17.3. The number of hydrogen-bond acceptors (Lipinski definition) is 4. The molecule has 1 unspecified atom stereocenters. The van der Waals surface area contributed by atoms with Crippen molar-refractivity contribution in [2.45, 2.75) is 45.1 Å². The summed E-state index contributed by atoms with van der Waals surface area (Å²) in [5.41, 5.74) is 0.597. The summed E-state index contributed by atoms with van der Waals surface area (Å²) in [5, 5.41) is 0. The molecule has 0 bridgehead atoms. The number of nitrogens with one attached hydrogen (secondary N) is 1. The Labute approximate surface area is 166 Å². The van der Waals surface area contributed by atoms with Gasteiger partial charge >= 0.3 is 5.69 Å². The number of benzene rings is 1.